The number of hydrogen-bond donors (Lipinski definition) is 0. The number of pyridine rings is 2. The molecule has 0 saturated carbocycles. The molecule has 2 aliphatic heterocycles. The fourth-order valence-electron chi connectivity index (χ4n) is 8.52. The van der Waals surface area contributed by atoms with E-state index in [9.17, 15) is 0 Å². The zero-order chi connectivity index (χ0) is 36.8. The highest BCUT2D eigenvalue weighted by Gasteiger charge is 2.32. The normalized spacial score (nSPS) is 13.7. The molecule has 266 valence electrons. The largest absolute Gasteiger partial charge is 0.378 e. The van der Waals surface area contributed by atoms with Crippen molar-refractivity contribution < 1.29 is 9.13 Å². The van der Waals surface area contributed by atoms with E-state index in [-0.39, 0.29) is 0 Å². The minimum atomic E-state index is 0.995. The lowest BCUT2D eigenvalue weighted by Crippen LogP contribution is -2.40. The maximum Gasteiger partial charge on any atom is 0.214 e. The molecule has 2 aromatic heterocycles. The van der Waals surface area contributed by atoms with E-state index in [0.717, 1.165) is 38.8 Å². The van der Waals surface area contributed by atoms with E-state index in [1.165, 1.54) is 89.1 Å². The average molecular weight is 705 g/mol. The van der Waals surface area contributed by atoms with Gasteiger partial charge in [-0.05, 0) is 117 Å². The van der Waals surface area contributed by atoms with Crippen LogP contribution in [-0.4, -0.2) is 28.2 Å². The SMILES string of the molecule is CN(C)c1ccc2cc(/C=C/c3cccc4[n+]3CCCc3ccc5c(c3-4)-c3cccc(/C=C/c4ccc6cc(N(C)C)ccc6c4)[n+]3CCC5)ccc2c1. The smallest absolute Gasteiger partial charge is 0.214 e. The Hall–Kier alpha value is -6.00. The summed E-state index contributed by atoms with van der Waals surface area (Å²) in [5.41, 5.74) is 15.7. The number of aromatic nitrogens is 2. The Bertz CT molecular complexity index is 2440. The van der Waals surface area contributed by atoms with Crippen molar-refractivity contribution in [3.63, 3.8) is 0 Å². The van der Waals surface area contributed by atoms with Crippen molar-refractivity contribution in [3.05, 3.63) is 155 Å². The van der Waals surface area contributed by atoms with Gasteiger partial charge >= 0.3 is 0 Å². The van der Waals surface area contributed by atoms with Crippen LogP contribution < -0.4 is 18.9 Å². The van der Waals surface area contributed by atoms with Gasteiger partial charge in [0.1, 0.15) is 13.1 Å². The molecule has 0 aliphatic carbocycles. The summed E-state index contributed by atoms with van der Waals surface area (Å²) in [5, 5.41) is 5.06. The van der Waals surface area contributed by atoms with Crippen LogP contribution in [0.5, 0.6) is 0 Å². The first kappa shape index (κ1) is 33.8. The van der Waals surface area contributed by atoms with E-state index >= 15 is 0 Å². The summed E-state index contributed by atoms with van der Waals surface area (Å²) in [4.78, 5) is 4.31. The van der Waals surface area contributed by atoms with Gasteiger partial charge < -0.3 is 9.80 Å². The molecule has 0 amide bonds. The molecule has 7 aromatic rings. The van der Waals surface area contributed by atoms with Crippen molar-refractivity contribution in [1.29, 1.82) is 0 Å². The van der Waals surface area contributed by atoms with Gasteiger partial charge in [0.05, 0.1) is 11.1 Å². The monoisotopic (exact) mass is 704 g/mol. The molecule has 2 aliphatic rings. The van der Waals surface area contributed by atoms with Crippen molar-refractivity contribution in [2.24, 2.45) is 0 Å². The molecular weight excluding hydrogens is 657 g/mol. The second-order valence-electron chi connectivity index (χ2n) is 15.4. The molecule has 4 heterocycles. The summed E-state index contributed by atoms with van der Waals surface area (Å²) in [6.07, 6.45) is 13.6. The predicted molar refractivity (Wildman–Crippen MR) is 229 cm³/mol. The van der Waals surface area contributed by atoms with Gasteiger partial charge in [0, 0.05) is 88.8 Å². The first-order chi connectivity index (χ1) is 26.4. The highest BCUT2D eigenvalue weighted by molar-refractivity contribution is 5.90. The van der Waals surface area contributed by atoms with Crippen LogP contribution in [0, 0.1) is 0 Å². The molecule has 0 N–H and O–H groups in total. The molecule has 0 spiro atoms. The van der Waals surface area contributed by atoms with E-state index in [1.807, 2.05) is 0 Å². The van der Waals surface area contributed by atoms with Crippen LogP contribution in [0.25, 0.3) is 68.4 Å². The fraction of sp³-hybridized carbons (Fsp3) is 0.200. The van der Waals surface area contributed by atoms with E-state index in [4.69, 9.17) is 0 Å². The molecule has 0 atom stereocenters. The molecule has 54 heavy (non-hydrogen) atoms. The van der Waals surface area contributed by atoms with Gasteiger partial charge in [-0.3, -0.25) is 0 Å². The van der Waals surface area contributed by atoms with Crippen molar-refractivity contribution >= 4 is 57.2 Å². The molecule has 0 saturated heterocycles. The fourth-order valence-corrected chi connectivity index (χ4v) is 8.52. The molecule has 0 bridgehead atoms. The molecule has 0 unspecified atom stereocenters. The highest BCUT2D eigenvalue weighted by atomic mass is 15.1. The Morgan fingerprint density at radius 2 is 0.870 bits per heavy atom. The van der Waals surface area contributed by atoms with Crippen molar-refractivity contribution in [2.45, 2.75) is 38.8 Å². The van der Waals surface area contributed by atoms with Crippen LogP contribution in [-0.2, 0) is 25.9 Å². The molecule has 0 fully saturated rings. The van der Waals surface area contributed by atoms with Gasteiger partial charge in [-0.1, -0.05) is 48.5 Å². The van der Waals surface area contributed by atoms with Gasteiger partial charge in [0.15, 0.2) is 0 Å². The second-order valence-corrected chi connectivity index (χ2v) is 15.4. The van der Waals surface area contributed by atoms with Crippen molar-refractivity contribution in [2.75, 3.05) is 38.0 Å². The summed E-state index contributed by atoms with van der Waals surface area (Å²) in [6, 6.07) is 45.5. The number of fused-ring (bicyclic) bond motifs is 9. The van der Waals surface area contributed by atoms with E-state index in [0.29, 0.717) is 0 Å². The third-order valence-electron chi connectivity index (χ3n) is 11.4. The number of nitrogens with zero attached hydrogens (tertiary/aromatic N) is 4. The minimum Gasteiger partial charge on any atom is -0.378 e. The molecule has 0 radical (unpaired) electrons. The number of aryl methyl sites for hydroxylation is 2. The number of rotatable bonds is 6. The maximum absolute atomic E-state index is 2.56. The van der Waals surface area contributed by atoms with Crippen molar-refractivity contribution in [1.82, 2.24) is 0 Å². The first-order valence-electron chi connectivity index (χ1n) is 19.4. The third kappa shape index (κ3) is 6.36. The van der Waals surface area contributed by atoms with Gasteiger partial charge in [-0.2, -0.15) is 9.13 Å². The van der Waals surface area contributed by atoms with Crippen LogP contribution in [0.2, 0.25) is 0 Å². The lowest BCUT2D eigenvalue weighted by molar-refractivity contribution is -0.689. The number of anilines is 2. The Kier molecular flexibility index (Phi) is 8.83. The zero-order valence-corrected chi connectivity index (χ0v) is 31.9. The first-order valence-corrected chi connectivity index (χ1v) is 19.4. The van der Waals surface area contributed by atoms with E-state index in [1.54, 1.807) is 0 Å². The Morgan fingerprint density at radius 1 is 0.444 bits per heavy atom. The van der Waals surface area contributed by atoms with Gasteiger partial charge in [-0.15, -0.1) is 0 Å². The number of benzene rings is 5. The maximum atomic E-state index is 2.56. The molecular formula is C50H48N4+2. The Morgan fingerprint density at radius 3 is 1.31 bits per heavy atom. The molecule has 5 aromatic carbocycles. The van der Waals surface area contributed by atoms with Gasteiger partial charge in [0.2, 0.25) is 22.8 Å². The summed E-state index contributed by atoms with van der Waals surface area (Å²) < 4.78 is 5.13. The van der Waals surface area contributed by atoms with Crippen LogP contribution >= 0.6 is 0 Å². The van der Waals surface area contributed by atoms with Gasteiger partial charge in [-0.25, -0.2) is 0 Å². The number of hydrogen-bond acceptors (Lipinski definition) is 2. The Labute approximate surface area is 319 Å². The summed E-state index contributed by atoms with van der Waals surface area (Å²) >= 11 is 0. The predicted octanol–water partition coefficient (Wildman–Crippen LogP) is 10.3. The van der Waals surface area contributed by atoms with Crippen molar-refractivity contribution in [3.8, 4) is 22.5 Å². The summed E-state index contributed by atoms with van der Waals surface area (Å²) in [7, 11) is 8.37. The van der Waals surface area contributed by atoms with Gasteiger partial charge in [0.25, 0.3) is 0 Å². The average Bonchev–Trinajstić information content (AvgIpc) is 3.51. The van der Waals surface area contributed by atoms with E-state index < -0.39 is 0 Å². The highest BCUT2D eigenvalue weighted by Crippen LogP contribution is 2.39. The minimum absolute atomic E-state index is 0.995. The molecule has 4 heteroatoms. The Balaban J connectivity index is 1.09. The van der Waals surface area contributed by atoms with Crippen LogP contribution in [0.15, 0.2) is 121 Å². The molecule has 4 nitrogen and oxygen atoms in total. The van der Waals surface area contributed by atoms with E-state index in [2.05, 4.69) is 193 Å². The zero-order valence-electron chi connectivity index (χ0n) is 31.9. The van der Waals surface area contributed by atoms with Crippen LogP contribution in [0.3, 0.4) is 0 Å². The lowest BCUT2D eigenvalue weighted by atomic mass is 9.88. The second kappa shape index (κ2) is 14.1. The summed E-state index contributed by atoms with van der Waals surface area (Å²) in [6.45, 7) is 1.99. The standard InChI is InChI=1S/C50H48N4/c1-51(2)45-27-23-39-31-35(15-19-41(39)33-45)17-25-43-11-5-13-47-49-37(9-7-29-53(43)47)21-22-38-10-8-30-54-44(12-6-14-48(54)50(38)49)26-18-36-16-20-42-34-46(52(3)4)28-24-40(42)32-36/h5-6,11-28,31-34H,7-10,29-30H2,1-4H3/q+2. The van der Waals surface area contributed by atoms with Crippen LogP contribution in [0.1, 0.15) is 46.5 Å². The lowest BCUT2D eigenvalue weighted by Gasteiger charge is -2.14. The quantitative estimate of drug-likeness (QED) is 0.160. The topological polar surface area (TPSA) is 14.2 Å². The summed E-state index contributed by atoms with van der Waals surface area (Å²) in [5.74, 6) is 0. The molecule has 9 rings (SSSR count). The van der Waals surface area contributed by atoms with Crippen LogP contribution in [0.4, 0.5) is 11.4 Å². The third-order valence-corrected chi connectivity index (χ3v) is 11.4.